The van der Waals surface area contributed by atoms with Crippen molar-refractivity contribution in [3.8, 4) is 5.75 Å². The number of carboxylic acid groups (broad SMARTS) is 1. The van der Waals surface area contributed by atoms with Crippen LogP contribution in [0.4, 0.5) is 0 Å². The molecular weight excluding hydrogens is 388 g/mol. The number of aliphatic hydroxyl groups is 2. The van der Waals surface area contributed by atoms with E-state index in [0.717, 1.165) is 5.56 Å². The van der Waals surface area contributed by atoms with Gasteiger partial charge in [-0.3, -0.25) is 9.59 Å². The van der Waals surface area contributed by atoms with Crippen molar-refractivity contribution in [3.63, 3.8) is 0 Å². The summed E-state index contributed by atoms with van der Waals surface area (Å²) in [5.41, 5.74) is 0.911. The number of para-hydroxylation sites is 1. The molecule has 3 N–H and O–H groups in total. The maximum atomic E-state index is 12.3. The van der Waals surface area contributed by atoms with Crippen molar-refractivity contribution in [1.29, 1.82) is 0 Å². The molecule has 1 aliphatic heterocycles. The highest BCUT2D eigenvalue weighted by atomic mass is 16.7. The number of ether oxygens (including phenoxy) is 2. The number of allylic oxidation sites excluding steroid dienone is 3. The number of rotatable bonds is 9. The van der Waals surface area contributed by atoms with E-state index in [1.165, 1.54) is 6.08 Å². The Morgan fingerprint density at radius 1 is 1.27 bits per heavy atom. The summed E-state index contributed by atoms with van der Waals surface area (Å²) in [4.78, 5) is 22.8. The van der Waals surface area contributed by atoms with E-state index >= 15 is 0 Å². The van der Waals surface area contributed by atoms with E-state index in [4.69, 9.17) is 14.6 Å². The molecule has 1 aliphatic carbocycles. The number of hydrogen-bond donors (Lipinski definition) is 3. The number of ketones is 1. The molecule has 1 fully saturated rings. The lowest BCUT2D eigenvalue weighted by molar-refractivity contribution is -0.152. The van der Waals surface area contributed by atoms with E-state index in [9.17, 15) is 19.8 Å². The van der Waals surface area contributed by atoms with Crippen LogP contribution in [0.3, 0.4) is 0 Å². The molecule has 1 saturated carbocycles. The van der Waals surface area contributed by atoms with Crippen LogP contribution < -0.4 is 4.74 Å². The first-order valence-electron chi connectivity index (χ1n) is 10.3. The first kappa shape index (κ1) is 22.2. The standard InChI is InChI=1S/C23H28O7/c24-18(23-29-14-15-7-5-6-9-21(15)30-23)12-11-17-16(19(25)13-20(17)26)8-3-1-2-4-10-22(27)28/h1,3,5-7,9,11-12,16-19,23-25H,2,4,8,10,13-14H2,(H,27,28)/b3-1-,12-11+/t16-,17-,18+,19+,23-/m1/s1. The summed E-state index contributed by atoms with van der Waals surface area (Å²) in [7, 11) is 0. The zero-order chi connectivity index (χ0) is 21.5. The van der Waals surface area contributed by atoms with E-state index in [1.54, 1.807) is 6.08 Å². The molecule has 1 aromatic rings. The second-order valence-corrected chi connectivity index (χ2v) is 7.70. The van der Waals surface area contributed by atoms with Crippen LogP contribution in [0.5, 0.6) is 5.75 Å². The Morgan fingerprint density at radius 2 is 2.07 bits per heavy atom. The molecule has 1 aromatic carbocycles. The van der Waals surface area contributed by atoms with Crippen molar-refractivity contribution >= 4 is 11.8 Å². The lowest BCUT2D eigenvalue weighted by Crippen LogP contribution is -2.36. The van der Waals surface area contributed by atoms with Crippen LogP contribution in [0.2, 0.25) is 0 Å². The number of carboxylic acids is 1. The van der Waals surface area contributed by atoms with Gasteiger partial charge in [-0.15, -0.1) is 0 Å². The Kier molecular flexibility index (Phi) is 7.79. The summed E-state index contributed by atoms with van der Waals surface area (Å²) in [5.74, 6) is -0.983. The summed E-state index contributed by atoms with van der Waals surface area (Å²) in [5, 5.41) is 29.3. The second kappa shape index (κ2) is 10.5. The van der Waals surface area contributed by atoms with E-state index in [-0.39, 0.29) is 24.5 Å². The molecule has 162 valence electrons. The summed E-state index contributed by atoms with van der Waals surface area (Å²) in [6.07, 6.45) is 6.18. The SMILES string of the molecule is O=C(O)CCC/C=C\C[C@H]1[C@@H](O)CC(=O)[C@@H]1/C=C/[C@H](O)[C@@H]1OCc2ccccc2O1. The lowest BCUT2D eigenvalue weighted by Gasteiger charge is -2.28. The van der Waals surface area contributed by atoms with E-state index in [1.807, 2.05) is 36.4 Å². The first-order valence-corrected chi connectivity index (χ1v) is 10.3. The molecule has 30 heavy (non-hydrogen) atoms. The number of unbranched alkanes of at least 4 members (excludes halogenated alkanes) is 1. The minimum Gasteiger partial charge on any atom is -0.481 e. The predicted molar refractivity (Wildman–Crippen MR) is 109 cm³/mol. The van der Waals surface area contributed by atoms with Crippen molar-refractivity contribution in [3.05, 3.63) is 54.1 Å². The third kappa shape index (κ3) is 5.78. The molecule has 0 saturated heterocycles. The van der Waals surface area contributed by atoms with Gasteiger partial charge in [0.25, 0.3) is 0 Å². The third-order valence-corrected chi connectivity index (χ3v) is 5.49. The van der Waals surface area contributed by atoms with Gasteiger partial charge in [-0.1, -0.05) is 42.5 Å². The highest BCUT2D eigenvalue weighted by molar-refractivity contribution is 5.86. The Balaban J connectivity index is 1.55. The van der Waals surface area contributed by atoms with Gasteiger partial charge < -0.3 is 24.8 Å². The zero-order valence-corrected chi connectivity index (χ0v) is 16.7. The van der Waals surface area contributed by atoms with Gasteiger partial charge in [-0.25, -0.2) is 0 Å². The van der Waals surface area contributed by atoms with E-state index in [0.29, 0.717) is 31.6 Å². The molecule has 0 radical (unpaired) electrons. The van der Waals surface area contributed by atoms with Gasteiger partial charge in [0.2, 0.25) is 6.29 Å². The fraction of sp³-hybridized carbons (Fsp3) is 0.478. The number of carbonyl (C=O) groups excluding carboxylic acids is 1. The van der Waals surface area contributed by atoms with Gasteiger partial charge >= 0.3 is 5.97 Å². The minimum atomic E-state index is -1.05. The van der Waals surface area contributed by atoms with Crippen molar-refractivity contribution in [2.24, 2.45) is 11.8 Å². The highest BCUT2D eigenvalue weighted by Crippen LogP contribution is 2.34. The van der Waals surface area contributed by atoms with Crippen LogP contribution in [-0.4, -0.2) is 45.6 Å². The summed E-state index contributed by atoms with van der Waals surface area (Å²) in [6.45, 7) is 0.335. The number of carbonyl (C=O) groups is 2. The Morgan fingerprint density at radius 3 is 2.87 bits per heavy atom. The van der Waals surface area contributed by atoms with Crippen molar-refractivity contribution in [1.82, 2.24) is 0 Å². The molecule has 7 nitrogen and oxygen atoms in total. The Hall–Kier alpha value is -2.48. The zero-order valence-electron chi connectivity index (χ0n) is 16.7. The fourth-order valence-corrected chi connectivity index (χ4v) is 3.83. The Bertz CT molecular complexity index is 800. The minimum absolute atomic E-state index is 0.0638. The topological polar surface area (TPSA) is 113 Å². The maximum absolute atomic E-state index is 12.3. The normalized spacial score (nSPS) is 27.3. The van der Waals surface area contributed by atoms with Crippen molar-refractivity contribution < 1.29 is 34.4 Å². The lowest BCUT2D eigenvalue weighted by atomic mass is 9.90. The number of Topliss-reactive ketones (excluding diaryl/α,β-unsaturated/α-hetero) is 1. The molecule has 0 unspecified atom stereocenters. The van der Waals surface area contributed by atoms with E-state index in [2.05, 4.69) is 0 Å². The molecule has 3 rings (SSSR count). The predicted octanol–water partition coefficient (Wildman–Crippen LogP) is 2.61. The monoisotopic (exact) mass is 416 g/mol. The van der Waals surface area contributed by atoms with Crippen molar-refractivity contribution in [2.75, 3.05) is 0 Å². The molecular formula is C23H28O7. The van der Waals surface area contributed by atoms with Crippen LogP contribution in [0.1, 0.15) is 37.7 Å². The number of benzene rings is 1. The van der Waals surface area contributed by atoms with Crippen LogP contribution in [-0.2, 0) is 20.9 Å². The third-order valence-electron chi connectivity index (χ3n) is 5.49. The van der Waals surface area contributed by atoms with Gasteiger partial charge in [-0.2, -0.15) is 0 Å². The van der Waals surface area contributed by atoms with Crippen LogP contribution in [0, 0.1) is 11.8 Å². The van der Waals surface area contributed by atoms with Gasteiger partial charge in [-0.05, 0) is 25.3 Å². The largest absolute Gasteiger partial charge is 0.481 e. The molecule has 0 amide bonds. The van der Waals surface area contributed by atoms with Crippen LogP contribution >= 0.6 is 0 Å². The molecule has 0 spiro atoms. The van der Waals surface area contributed by atoms with Gasteiger partial charge in [0.15, 0.2) is 0 Å². The average molecular weight is 416 g/mol. The first-order chi connectivity index (χ1) is 14.5. The van der Waals surface area contributed by atoms with Crippen LogP contribution in [0.25, 0.3) is 0 Å². The van der Waals surface area contributed by atoms with Gasteiger partial charge in [0.1, 0.15) is 17.6 Å². The molecule has 7 heteroatoms. The number of fused-ring (bicyclic) bond motifs is 1. The molecule has 1 heterocycles. The molecule has 2 aliphatic rings. The quantitative estimate of drug-likeness (QED) is 0.419. The maximum Gasteiger partial charge on any atom is 0.303 e. The van der Waals surface area contributed by atoms with Crippen LogP contribution in [0.15, 0.2) is 48.6 Å². The summed E-state index contributed by atoms with van der Waals surface area (Å²) >= 11 is 0. The Labute approximate surface area is 175 Å². The molecule has 0 aromatic heterocycles. The second-order valence-electron chi connectivity index (χ2n) is 7.70. The number of hydrogen-bond acceptors (Lipinski definition) is 6. The summed E-state index contributed by atoms with van der Waals surface area (Å²) in [6, 6.07) is 7.45. The smallest absolute Gasteiger partial charge is 0.303 e. The highest BCUT2D eigenvalue weighted by Gasteiger charge is 2.39. The fourth-order valence-electron chi connectivity index (χ4n) is 3.83. The van der Waals surface area contributed by atoms with Crippen molar-refractivity contribution in [2.45, 2.75) is 57.2 Å². The number of aliphatic carboxylic acids is 1. The van der Waals surface area contributed by atoms with Gasteiger partial charge in [0, 0.05) is 30.2 Å². The molecule has 5 atom stereocenters. The van der Waals surface area contributed by atoms with E-state index < -0.39 is 30.4 Å². The number of aliphatic hydroxyl groups excluding tert-OH is 2. The average Bonchev–Trinajstić information content (AvgIpc) is 3.00. The van der Waals surface area contributed by atoms with Gasteiger partial charge in [0.05, 0.1) is 12.7 Å². The molecule has 0 bridgehead atoms. The summed E-state index contributed by atoms with van der Waals surface area (Å²) < 4.78 is 11.3.